The molecule has 0 bridgehead atoms. The summed E-state index contributed by atoms with van der Waals surface area (Å²) in [5.41, 5.74) is 1.13. The monoisotopic (exact) mass is 292 g/mol. The van der Waals surface area contributed by atoms with E-state index < -0.39 is 0 Å². The van der Waals surface area contributed by atoms with E-state index in [0.29, 0.717) is 0 Å². The third-order valence-corrected chi connectivity index (χ3v) is 2.55. The van der Waals surface area contributed by atoms with Crippen LogP contribution in [0.25, 0.3) is 0 Å². The normalized spacial score (nSPS) is 9.85. The van der Waals surface area contributed by atoms with Crippen molar-refractivity contribution in [2.75, 3.05) is 14.2 Å². The van der Waals surface area contributed by atoms with Gasteiger partial charge < -0.3 is 9.47 Å². The van der Waals surface area contributed by atoms with E-state index in [1.807, 2.05) is 12.1 Å². The van der Waals surface area contributed by atoms with Crippen LogP contribution in [0.4, 0.5) is 0 Å². The summed E-state index contributed by atoms with van der Waals surface area (Å²) in [5.74, 6) is 1.82. The molecule has 0 aliphatic rings. The Balaban J connectivity index is 3.25. The van der Waals surface area contributed by atoms with E-state index in [-0.39, 0.29) is 0 Å². The topological polar surface area (TPSA) is 18.5 Å². The highest BCUT2D eigenvalue weighted by Crippen LogP contribution is 2.31. The van der Waals surface area contributed by atoms with Crippen LogP contribution in [0.5, 0.6) is 11.5 Å². The van der Waals surface area contributed by atoms with E-state index in [1.165, 1.54) is 0 Å². The van der Waals surface area contributed by atoms with Gasteiger partial charge in [-0.1, -0.05) is 6.92 Å². The minimum absolute atomic E-state index is 0.909. The average Bonchev–Trinajstić information content (AvgIpc) is 2.16. The Morgan fingerprint density at radius 2 is 1.62 bits per heavy atom. The molecule has 3 heteroatoms. The van der Waals surface area contributed by atoms with Gasteiger partial charge in [0.05, 0.1) is 14.2 Å². The molecular weight excluding hydrogens is 279 g/mol. The molecule has 0 radical (unpaired) electrons. The van der Waals surface area contributed by atoms with Gasteiger partial charge in [-0.2, -0.15) is 0 Å². The fraction of sp³-hybridized carbons (Fsp3) is 0.400. The van der Waals surface area contributed by atoms with Gasteiger partial charge in [0.1, 0.15) is 11.5 Å². The minimum Gasteiger partial charge on any atom is -0.496 e. The highest BCUT2D eigenvalue weighted by atomic mass is 127. The van der Waals surface area contributed by atoms with Crippen molar-refractivity contribution < 1.29 is 9.47 Å². The predicted molar refractivity (Wildman–Crippen MR) is 61.6 cm³/mol. The molecular formula is C10H13IO2. The van der Waals surface area contributed by atoms with Gasteiger partial charge in [-0.3, -0.25) is 0 Å². The lowest BCUT2D eigenvalue weighted by atomic mass is 10.1. The van der Waals surface area contributed by atoms with Crippen LogP contribution in [0.2, 0.25) is 0 Å². The molecule has 13 heavy (non-hydrogen) atoms. The maximum absolute atomic E-state index is 5.27. The molecule has 0 unspecified atom stereocenters. The summed E-state index contributed by atoms with van der Waals surface area (Å²) in [6.45, 7) is 2.09. The first kappa shape index (κ1) is 10.6. The van der Waals surface area contributed by atoms with E-state index in [9.17, 15) is 0 Å². The zero-order valence-electron chi connectivity index (χ0n) is 8.06. The second-order valence-electron chi connectivity index (χ2n) is 2.64. The lowest BCUT2D eigenvalue weighted by molar-refractivity contribution is 0.385. The van der Waals surface area contributed by atoms with Gasteiger partial charge in [0, 0.05) is 9.13 Å². The molecule has 1 aromatic rings. The molecule has 72 valence electrons. The Morgan fingerprint density at radius 1 is 1.15 bits per heavy atom. The molecule has 0 saturated carbocycles. The quantitative estimate of drug-likeness (QED) is 0.798. The molecule has 2 nitrogen and oxygen atoms in total. The Morgan fingerprint density at radius 3 is 1.92 bits per heavy atom. The predicted octanol–water partition coefficient (Wildman–Crippen LogP) is 2.87. The lowest BCUT2D eigenvalue weighted by Gasteiger charge is -2.11. The van der Waals surface area contributed by atoms with Gasteiger partial charge in [0.2, 0.25) is 0 Å². The standard InChI is InChI=1S/C10H13IO2/c1-4-8-9(12-2)5-7(11)6-10(8)13-3/h5-6H,4H2,1-3H3. The summed E-state index contributed by atoms with van der Waals surface area (Å²) in [7, 11) is 3.37. The van der Waals surface area contributed by atoms with Crippen LogP contribution in [0.3, 0.4) is 0 Å². The smallest absolute Gasteiger partial charge is 0.126 e. The summed E-state index contributed by atoms with van der Waals surface area (Å²) in [6.07, 6.45) is 0.920. The van der Waals surface area contributed by atoms with Gasteiger partial charge in [-0.15, -0.1) is 0 Å². The number of hydrogen-bond donors (Lipinski definition) is 0. The molecule has 0 aliphatic carbocycles. The molecule has 1 aromatic carbocycles. The van der Waals surface area contributed by atoms with Crippen molar-refractivity contribution in [3.8, 4) is 11.5 Å². The van der Waals surface area contributed by atoms with Crippen molar-refractivity contribution >= 4 is 22.6 Å². The van der Waals surface area contributed by atoms with Gasteiger partial charge >= 0.3 is 0 Å². The Bertz CT molecular complexity index is 272. The van der Waals surface area contributed by atoms with E-state index in [1.54, 1.807) is 14.2 Å². The molecule has 0 aliphatic heterocycles. The van der Waals surface area contributed by atoms with E-state index in [0.717, 1.165) is 27.1 Å². The SMILES string of the molecule is CCc1c(OC)cc(I)cc1OC. The second-order valence-corrected chi connectivity index (χ2v) is 3.89. The van der Waals surface area contributed by atoms with Crippen molar-refractivity contribution in [2.24, 2.45) is 0 Å². The van der Waals surface area contributed by atoms with Crippen LogP contribution >= 0.6 is 22.6 Å². The van der Waals surface area contributed by atoms with E-state index in [4.69, 9.17) is 9.47 Å². The number of ether oxygens (including phenoxy) is 2. The summed E-state index contributed by atoms with van der Waals surface area (Å²) in [5, 5.41) is 0. The molecule has 0 N–H and O–H groups in total. The number of methoxy groups -OCH3 is 2. The maximum atomic E-state index is 5.27. The molecule has 0 aromatic heterocycles. The first-order chi connectivity index (χ1) is 6.22. The van der Waals surface area contributed by atoms with Gasteiger partial charge in [0.25, 0.3) is 0 Å². The van der Waals surface area contributed by atoms with Crippen LogP contribution in [0.15, 0.2) is 12.1 Å². The Kier molecular flexibility index (Phi) is 3.84. The van der Waals surface area contributed by atoms with Crippen molar-refractivity contribution in [1.82, 2.24) is 0 Å². The number of halogens is 1. The van der Waals surface area contributed by atoms with Crippen LogP contribution < -0.4 is 9.47 Å². The van der Waals surface area contributed by atoms with Gasteiger partial charge in [-0.25, -0.2) is 0 Å². The van der Waals surface area contributed by atoms with Crippen LogP contribution in [0, 0.1) is 3.57 Å². The average molecular weight is 292 g/mol. The van der Waals surface area contributed by atoms with Crippen LogP contribution in [0.1, 0.15) is 12.5 Å². The van der Waals surface area contributed by atoms with Crippen molar-refractivity contribution in [3.05, 3.63) is 21.3 Å². The highest BCUT2D eigenvalue weighted by molar-refractivity contribution is 14.1. The summed E-state index contributed by atoms with van der Waals surface area (Å²) >= 11 is 2.25. The molecule has 0 atom stereocenters. The van der Waals surface area contributed by atoms with Crippen molar-refractivity contribution in [2.45, 2.75) is 13.3 Å². The molecule has 0 saturated heterocycles. The number of hydrogen-bond acceptors (Lipinski definition) is 2. The Hall–Kier alpha value is -0.450. The second kappa shape index (κ2) is 4.69. The van der Waals surface area contributed by atoms with Gasteiger partial charge in [-0.05, 0) is 41.1 Å². The Labute approximate surface area is 92.4 Å². The number of benzene rings is 1. The molecule has 1 rings (SSSR count). The van der Waals surface area contributed by atoms with Crippen molar-refractivity contribution in [1.29, 1.82) is 0 Å². The van der Waals surface area contributed by atoms with Crippen LogP contribution in [-0.2, 0) is 6.42 Å². The molecule has 0 amide bonds. The third kappa shape index (κ3) is 2.27. The zero-order chi connectivity index (χ0) is 9.84. The summed E-state index contributed by atoms with van der Waals surface area (Å²) < 4.78 is 11.7. The maximum Gasteiger partial charge on any atom is 0.126 e. The largest absolute Gasteiger partial charge is 0.496 e. The zero-order valence-corrected chi connectivity index (χ0v) is 10.2. The summed E-state index contributed by atoms with van der Waals surface area (Å²) in [4.78, 5) is 0. The molecule has 0 fully saturated rings. The third-order valence-electron chi connectivity index (χ3n) is 1.93. The van der Waals surface area contributed by atoms with E-state index in [2.05, 4.69) is 29.5 Å². The fourth-order valence-electron chi connectivity index (χ4n) is 1.30. The first-order valence-electron chi connectivity index (χ1n) is 4.13. The van der Waals surface area contributed by atoms with Crippen LogP contribution in [-0.4, -0.2) is 14.2 Å². The molecule has 0 spiro atoms. The lowest BCUT2D eigenvalue weighted by Crippen LogP contribution is -1.96. The molecule has 0 heterocycles. The number of rotatable bonds is 3. The minimum atomic E-state index is 0.909. The fourth-order valence-corrected chi connectivity index (χ4v) is 1.87. The van der Waals surface area contributed by atoms with Gasteiger partial charge in [0.15, 0.2) is 0 Å². The van der Waals surface area contributed by atoms with Crippen molar-refractivity contribution in [3.63, 3.8) is 0 Å². The first-order valence-corrected chi connectivity index (χ1v) is 5.21. The highest BCUT2D eigenvalue weighted by Gasteiger charge is 2.08. The summed E-state index contributed by atoms with van der Waals surface area (Å²) in [6, 6.07) is 4.03. The van der Waals surface area contributed by atoms with E-state index >= 15 is 0 Å².